The van der Waals surface area contributed by atoms with Crippen LogP contribution >= 0.6 is 0 Å². The van der Waals surface area contributed by atoms with E-state index in [1.165, 1.54) is 63.9 Å². The zero-order chi connectivity index (χ0) is 24.8. The molecule has 0 spiro atoms. The van der Waals surface area contributed by atoms with Crippen molar-refractivity contribution in [3.8, 4) is 0 Å². The van der Waals surface area contributed by atoms with E-state index >= 15 is 0 Å². The van der Waals surface area contributed by atoms with Gasteiger partial charge in [0.1, 0.15) is 0 Å². The van der Waals surface area contributed by atoms with Crippen LogP contribution in [0.3, 0.4) is 0 Å². The molecule has 0 aliphatic rings. The van der Waals surface area contributed by atoms with Crippen LogP contribution in [0.25, 0.3) is 0 Å². The Morgan fingerprint density at radius 2 is 1.03 bits per heavy atom. The third-order valence-electron chi connectivity index (χ3n) is 6.82. The van der Waals surface area contributed by atoms with E-state index in [0.717, 1.165) is 63.1 Å². The maximum atomic E-state index is 13.3. The summed E-state index contributed by atoms with van der Waals surface area (Å²) in [5, 5.41) is 10.3. The summed E-state index contributed by atoms with van der Waals surface area (Å²) in [6, 6.07) is 3.07. The number of hydrogen-bond donors (Lipinski definition) is 1. The van der Waals surface area contributed by atoms with Gasteiger partial charge in [-0.2, -0.15) is 0 Å². The van der Waals surface area contributed by atoms with Crippen molar-refractivity contribution < 1.29 is 19.4 Å². The van der Waals surface area contributed by atoms with Crippen molar-refractivity contribution in [3.05, 3.63) is 11.3 Å². The van der Waals surface area contributed by atoms with Crippen molar-refractivity contribution in [1.29, 1.82) is 0 Å². The molecule has 0 radical (unpaired) electrons. The van der Waals surface area contributed by atoms with Crippen LogP contribution in [0.5, 0.6) is 0 Å². The summed E-state index contributed by atoms with van der Waals surface area (Å²) < 4.78 is 5.70. The molecule has 0 aromatic heterocycles. The molecule has 0 saturated heterocycles. The van der Waals surface area contributed by atoms with Crippen molar-refractivity contribution in [2.24, 2.45) is 0 Å². The Balaban J connectivity index is 5.76. The van der Waals surface area contributed by atoms with Crippen molar-refractivity contribution in [2.45, 2.75) is 149 Å². The van der Waals surface area contributed by atoms with Gasteiger partial charge in [0.2, 0.25) is 0 Å². The molecule has 0 unspecified atom stereocenters. The molecule has 0 saturated carbocycles. The van der Waals surface area contributed by atoms with Gasteiger partial charge >= 0.3 is 11.9 Å². The third-order valence-corrected chi connectivity index (χ3v) is 12.2. The number of ether oxygens (including phenoxy) is 1. The van der Waals surface area contributed by atoms with Crippen LogP contribution in [-0.2, 0) is 14.3 Å². The molecule has 0 heterocycles. The maximum Gasteiger partial charge on any atom is 0.330 e. The van der Waals surface area contributed by atoms with Crippen LogP contribution in [0.1, 0.15) is 130 Å². The number of carboxylic acids is 1. The Bertz CT molecular complexity index is 499. The maximum absolute atomic E-state index is 13.3. The highest BCUT2D eigenvalue weighted by molar-refractivity contribution is 6.90. The molecule has 1 N–H and O–H groups in total. The van der Waals surface area contributed by atoms with E-state index < -0.39 is 14.0 Å². The standard InChI is InChI=1S/C28H54O4Si/c1-5-9-13-17-21-32-28(31)26(25-27(29)30)33(22-18-14-10-6-2,23-19-15-11-7-3)24-20-16-12-8-4/h25H,5-24H2,1-4H3,(H,29,30)/b26-25-. The van der Waals surface area contributed by atoms with E-state index in [9.17, 15) is 14.7 Å². The van der Waals surface area contributed by atoms with Crippen molar-refractivity contribution >= 4 is 20.0 Å². The van der Waals surface area contributed by atoms with Crippen LogP contribution < -0.4 is 0 Å². The zero-order valence-electron chi connectivity index (χ0n) is 22.4. The van der Waals surface area contributed by atoms with Gasteiger partial charge in [0.05, 0.1) is 14.7 Å². The van der Waals surface area contributed by atoms with Crippen LogP contribution in [0, 0.1) is 0 Å². The SMILES string of the molecule is CCCCCCOC(=O)/C(=C/C(=O)O)[Si](CCCCCC)(CCCCCC)CCCCCC. The van der Waals surface area contributed by atoms with Crippen molar-refractivity contribution in [2.75, 3.05) is 6.61 Å². The molecule has 194 valence electrons. The second-order valence-electron chi connectivity index (χ2n) is 9.81. The lowest BCUT2D eigenvalue weighted by molar-refractivity contribution is -0.139. The van der Waals surface area contributed by atoms with Gasteiger partial charge < -0.3 is 9.84 Å². The summed E-state index contributed by atoms with van der Waals surface area (Å²) >= 11 is 0. The molecular weight excluding hydrogens is 428 g/mol. The third kappa shape index (κ3) is 15.4. The number of aliphatic carboxylic acids is 1. The number of carbonyl (C=O) groups is 2. The van der Waals surface area contributed by atoms with Gasteiger partial charge in [-0.3, -0.25) is 0 Å². The smallest absolute Gasteiger partial charge is 0.330 e. The summed E-state index contributed by atoms with van der Waals surface area (Å²) in [6.07, 6.45) is 19.4. The van der Waals surface area contributed by atoms with Crippen molar-refractivity contribution in [1.82, 2.24) is 0 Å². The van der Waals surface area contributed by atoms with Gasteiger partial charge in [-0.05, 0) is 6.42 Å². The van der Waals surface area contributed by atoms with E-state index in [0.29, 0.717) is 11.8 Å². The van der Waals surface area contributed by atoms with Gasteiger partial charge in [-0.25, -0.2) is 9.59 Å². The fraction of sp³-hybridized carbons (Fsp3) is 0.857. The molecule has 0 aromatic rings. The van der Waals surface area contributed by atoms with Gasteiger partial charge in [0.15, 0.2) is 0 Å². The highest BCUT2D eigenvalue weighted by Gasteiger charge is 2.40. The van der Waals surface area contributed by atoms with Gasteiger partial charge in [-0.15, -0.1) is 0 Å². The average Bonchev–Trinajstić information content (AvgIpc) is 2.80. The first kappa shape index (κ1) is 31.9. The molecular formula is C28H54O4Si. The molecule has 5 heteroatoms. The number of esters is 1. The normalized spacial score (nSPS) is 12.2. The number of carboxylic acid groups (broad SMARTS) is 1. The summed E-state index contributed by atoms with van der Waals surface area (Å²) in [5.74, 6) is -1.33. The fourth-order valence-electron chi connectivity index (χ4n) is 4.77. The predicted octanol–water partition coefficient (Wildman–Crippen LogP) is 8.85. The first-order chi connectivity index (χ1) is 16.0. The van der Waals surface area contributed by atoms with E-state index in [-0.39, 0.29) is 5.97 Å². The molecule has 0 atom stereocenters. The number of hydrogen-bond acceptors (Lipinski definition) is 3. The molecule has 0 rings (SSSR count). The summed E-state index contributed by atoms with van der Waals surface area (Å²) in [5.41, 5.74) is 0. The quantitative estimate of drug-likeness (QED) is 0.0683. The topological polar surface area (TPSA) is 63.6 Å². The minimum absolute atomic E-state index is 0.331. The molecule has 0 fully saturated rings. The lowest BCUT2D eigenvalue weighted by atomic mass is 10.2. The molecule has 33 heavy (non-hydrogen) atoms. The molecule has 0 bridgehead atoms. The predicted molar refractivity (Wildman–Crippen MR) is 143 cm³/mol. The van der Waals surface area contributed by atoms with E-state index in [2.05, 4.69) is 27.7 Å². The largest absolute Gasteiger partial charge is 0.478 e. The summed E-state index contributed by atoms with van der Waals surface area (Å²) in [4.78, 5) is 25.1. The van der Waals surface area contributed by atoms with Crippen LogP contribution in [0.2, 0.25) is 18.1 Å². The second kappa shape index (κ2) is 21.4. The molecule has 0 aromatic carbocycles. The fourth-order valence-corrected chi connectivity index (χ4v) is 10.0. The minimum Gasteiger partial charge on any atom is -0.478 e. The molecule has 0 amide bonds. The molecule has 0 aliphatic carbocycles. The highest BCUT2D eigenvalue weighted by atomic mass is 28.3. The van der Waals surface area contributed by atoms with Gasteiger partial charge in [-0.1, -0.05) is 142 Å². The number of unbranched alkanes of at least 4 members (excludes halogenated alkanes) is 12. The monoisotopic (exact) mass is 482 g/mol. The first-order valence-corrected chi connectivity index (χ1v) is 16.7. The zero-order valence-corrected chi connectivity index (χ0v) is 23.4. The first-order valence-electron chi connectivity index (χ1n) is 14.1. The Labute approximate surface area is 206 Å². The average molecular weight is 483 g/mol. The number of rotatable bonds is 23. The van der Waals surface area contributed by atoms with E-state index in [4.69, 9.17) is 4.74 Å². The van der Waals surface area contributed by atoms with Crippen LogP contribution in [0.4, 0.5) is 0 Å². The van der Waals surface area contributed by atoms with E-state index in [1.54, 1.807) is 0 Å². The Kier molecular flexibility index (Phi) is 20.7. The second-order valence-corrected chi connectivity index (χ2v) is 14.4. The van der Waals surface area contributed by atoms with Crippen LogP contribution in [0.15, 0.2) is 11.3 Å². The summed E-state index contributed by atoms with van der Waals surface area (Å²) in [6.45, 7) is 9.21. The van der Waals surface area contributed by atoms with E-state index in [1.807, 2.05) is 0 Å². The number of carbonyl (C=O) groups excluding carboxylic acids is 1. The molecule has 0 aliphatic heterocycles. The summed E-state index contributed by atoms with van der Waals surface area (Å²) in [7, 11) is -2.27. The van der Waals surface area contributed by atoms with Crippen molar-refractivity contribution in [3.63, 3.8) is 0 Å². The van der Waals surface area contributed by atoms with Crippen LogP contribution in [-0.4, -0.2) is 31.7 Å². The lowest BCUT2D eigenvalue weighted by Gasteiger charge is -2.34. The lowest BCUT2D eigenvalue weighted by Crippen LogP contribution is -2.41. The Morgan fingerprint density at radius 3 is 1.39 bits per heavy atom. The Morgan fingerprint density at radius 1 is 0.636 bits per heavy atom. The van der Waals surface area contributed by atoms with Gasteiger partial charge in [0, 0.05) is 11.3 Å². The Hall–Kier alpha value is -1.10. The highest BCUT2D eigenvalue weighted by Crippen LogP contribution is 2.36. The van der Waals surface area contributed by atoms with Gasteiger partial charge in [0.25, 0.3) is 0 Å². The molecule has 4 nitrogen and oxygen atoms in total. The minimum atomic E-state index is -2.27.